The highest BCUT2D eigenvalue weighted by atomic mass is 16.5. The predicted molar refractivity (Wildman–Crippen MR) is 79.5 cm³/mol. The molecule has 0 aliphatic heterocycles. The van der Waals surface area contributed by atoms with Gasteiger partial charge >= 0.3 is 0 Å². The molecular formula is C15H23N3O2. The van der Waals surface area contributed by atoms with Gasteiger partial charge in [-0.25, -0.2) is 0 Å². The van der Waals surface area contributed by atoms with Crippen molar-refractivity contribution < 1.29 is 9.53 Å². The number of nitrogens with one attached hydrogen (secondary N) is 1. The second-order valence-corrected chi connectivity index (χ2v) is 5.42. The van der Waals surface area contributed by atoms with Crippen molar-refractivity contribution in [3.05, 3.63) is 29.3 Å². The second-order valence-electron chi connectivity index (χ2n) is 5.42. The Balaban J connectivity index is 1.85. The van der Waals surface area contributed by atoms with Gasteiger partial charge in [-0.05, 0) is 49.4 Å². The molecule has 20 heavy (non-hydrogen) atoms. The summed E-state index contributed by atoms with van der Waals surface area (Å²) in [6.07, 6.45) is 2.57. The fourth-order valence-electron chi connectivity index (χ4n) is 2.04. The van der Waals surface area contributed by atoms with Crippen molar-refractivity contribution in [2.75, 3.05) is 32.2 Å². The summed E-state index contributed by atoms with van der Waals surface area (Å²) in [5, 5.41) is 0. The molecule has 0 bridgehead atoms. The molecule has 1 fully saturated rings. The molecular weight excluding hydrogens is 254 g/mol. The maximum atomic E-state index is 12.3. The third-order valence-corrected chi connectivity index (χ3v) is 3.59. The number of ether oxygens (including phenoxy) is 1. The van der Waals surface area contributed by atoms with Gasteiger partial charge in [0.05, 0.1) is 6.61 Å². The van der Waals surface area contributed by atoms with Gasteiger partial charge in [0.25, 0.3) is 5.91 Å². The van der Waals surface area contributed by atoms with Crippen molar-refractivity contribution in [3.8, 4) is 0 Å². The number of nitrogen functional groups attached to an aromatic ring is 1. The number of carbonyl (C=O) groups is 1. The number of carbonyl (C=O) groups excluding carboxylic acids is 1. The molecule has 1 aliphatic rings. The van der Waals surface area contributed by atoms with Crippen molar-refractivity contribution in [2.45, 2.75) is 19.8 Å². The summed E-state index contributed by atoms with van der Waals surface area (Å²) < 4.78 is 5.56. The average Bonchev–Trinajstić information content (AvgIpc) is 3.26. The third-order valence-electron chi connectivity index (χ3n) is 3.59. The maximum Gasteiger partial charge on any atom is 0.253 e. The van der Waals surface area contributed by atoms with E-state index in [0.29, 0.717) is 18.7 Å². The molecule has 1 aliphatic carbocycles. The zero-order valence-corrected chi connectivity index (χ0v) is 12.2. The van der Waals surface area contributed by atoms with Crippen molar-refractivity contribution in [2.24, 2.45) is 11.8 Å². The van der Waals surface area contributed by atoms with E-state index in [4.69, 9.17) is 10.6 Å². The van der Waals surface area contributed by atoms with Gasteiger partial charge in [0, 0.05) is 31.5 Å². The van der Waals surface area contributed by atoms with Crippen LogP contribution in [0.3, 0.4) is 0 Å². The van der Waals surface area contributed by atoms with E-state index in [1.165, 1.54) is 12.8 Å². The molecule has 3 N–H and O–H groups in total. The third kappa shape index (κ3) is 3.95. The van der Waals surface area contributed by atoms with E-state index in [1.807, 2.05) is 13.0 Å². The van der Waals surface area contributed by atoms with Crippen LogP contribution in [0.25, 0.3) is 0 Å². The van der Waals surface area contributed by atoms with Crippen LogP contribution in [-0.2, 0) is 4.74 Å². The second kappa shape index (κ2) is 6.72. The Bertz CT molecular complexity index is 472. The average molecular weight is 277 g/mol. The van der Waals surface area contributed by atoms with Crippen LogP contribution in [0.5, 0.6) is 0 Å². The van der Waals surface area contributed by atoms with E-state index < -0.39 is 0 Å². The summed E-state index contributed by atoms with van der Waals surface area (Å²) in [4.78, 5) is 14.0. The van der Waals surface area contributed by atoms with Gasteiger partial charge < -0.3 is 15.1 Å². The summed E-state index contributed by atoms with van der Waals surface area (Å²) >= 11 is 0. The van der Waals surface area contributed by atoms with Crippen LogP contribution in [0.1, 0.15) is 28.8 Å². The molecule has 1 saturated carbocycles. The molecule has 5 heteroatoms. The number of likely N-dealkylation sites (N-methyl/N-ethyl adjacent to an activating group) is 1. The predicted octanol–water partition coefficient (Wildman–Crippen LogP) is 1.78. The number of hydrogen-bond donors (Lipinski definition) is 2. The Labute approximate surface area is 120 Å². The molecule has 5 nitrogen and oxygen atoms in total. The molecule has 1 amide bonds. The van der Waals surface area contributed by atoms with Gasteiger partial charge in [-0.15, -0.1) is 0 Å². The van der Waals surface area contributed by atoms with Crippen molar-refractivity contribution >= 4 is 11.6 Å². The lowest BCUT2D eigenvalue weighted by atomic mass is 10.1. The van der Waals surface area contributed by atoms with Crippen LogP contribution in [0.4, 0.5) is 5.69 Å². The molecule has 2 rings (SSSR count). The quantitative estimate of drug-likeness (QED) is 0.453. The Morgan fingerprint density at radius 3 is 2.85 bits per heavy atom. The van der Waals surface area contributed by atoms with Crippen molar-refractivity contribution in [3.63, 3.8) is 0 Å². The topological polar surface area (TPSA) is 67.6 Å². The van der Waals surface area contributed by atoms with Crippen LogP contribution >= 0.6 is 0 Å². The number of hydrazine groups is 1. The van der Waals surface area contributed by atoms with E-state index in [9.17, 15) is 4.79 Å². The lowest BCUT2D eigenvalue weighted by Crippen LogP contribution is -2.30. The van der Waals surface area contributed by atoms with E-state index in [-0.39, 0.29) is 5.91 Å². The minimum Gasteiger partial charge on any atom is -0.379 e. The first-order valence-corrected chi connectivity index (χ1v) is 7.02. The number of amides is 1. The normalized spacial score (nSPS) is 14.2. The summed E-state index contributed by atoms with van der Waals surface area (Å²) in [6, 6.07) is 5.47. The van der Waals surface area contributed by atoms with Crippen LogP contribution in [0.2, 0.25) is 0 Å². The lowest BCUT2D eigenvalue weighted by Gasteiger charge is -2.18. The maximum absolute atomic E-state index is 12.3. The zero-order chi connectivity index (χ0) is 14.5. The highest BCUT2D eigenvalue weighted by molar-refractivity contribution is 5.95. The Morgan fingerprint density at radius 2 is 2.25 bits per heavy atom. The standard InChI is InChI=1S/C15H23N3O2/c1-11-9-13(17-16)5-6-14(11)15(19)18(2)7-8-20-10-12-3-4-12/h5-6,9,12,17H,3-4,7-8,10,16H2,1-2H3. The fraction of sp³-hybridized carbons (Fsp3) is 0.533. The molecule has 0 unspecified atom stereocenters. The molecule has 0 saturated heterocycles. The Morgan fingerprint density at radius 1 is 1.50 bits per heavy atom. The van der Waals surface area contributed by atoms with Crippen LogP contribution in [-0.4, -0.2) is 37.6 Å². The number of rotatable bonds is 7. The summed E-state index contributed by atoms with van der Waals surface area (Å²) in [7, 11) is 1.80. The van der Waals surface area contributed by atoms with Gasteiger partial charge in [0.2, 0.25) is 0 Å². The number of nitrogens with two attached hydrogens (primary N) is 1. The number of aryl methyl sites for hydroxylation is 1. The Kier molecular flexibility index (Phi) is 4.98. The monoisotopic (exact) mass is 277 g/mol. The van der Waals surface area contributed by atoms with E-state index in [1.54, 1.807) is 24.1 Å². The van der Waals surface area contributed by atoms with Gasteiger partial charge in [-0.3, -0.25) is 10.6 Å². The van der Waals surface area contributed by atoms with E-state index in [2.05, 4.69) is 5.43 Å². The molecule has 0 radical (unpaired) electrons. The number of benzene rings is 1. The fourth-order valence-corrected chi connectivity index (χ4v) is 2.04. The van der Waals surface area contributed by atoms with Crippen LogP contribution in [0.15, 0.2) is 18.2 Å². The number of anilines is 1. The first kappa shape index (κ1) is 14.8. The Hall–Kier alpha value is -1.59. The number of nitrogens with zero attached hydrogens (tertiary/aromatic N) is 1. The highest BCUT2D eigenvalue weighted by Crippen LogP contribution is 2.28. The number of hydrogen-bond acceptors (Lipinski definition) is 4. The van der Waals surface area contributed by atoms with Gasteiger partial charge in [0.15, 0.2) is 0 Å². The SMILES string of the molecule is Cc1cc(NN)ccc1C(=O)N(C)CCOCC1CC1. The highest BCUT2D eigenvalue weighted by Gasteiger charge is 2.21. The first-order valence-electron chi connectivity index (χ1n) is 7.02. The summed E-state index contributed by atoms with van der Waals surface area (Å²) in [5.41, 5.74) is 4.99. The molecule has 0 atom stereocenters. The first-order chi connectivity index (χ1) is 9.61. The molecule has 1 aromatic carbocycles. The van der Waals surface area contributed by atoms with Crippen molar-refractivity contribution in [1.29, 1.82) is 0 Å². The van der Waals surface area contributed by atoms with Crippen molar-refractivity contribution in [1.82, 2.24) is 4.90 Å². The molecule has 0 heterocycles. The molecule has 0 spiro atoms. The smallest absolute Gasteiger partial charge is 0.253 e. The van der Waals surface area contributed by atoms with E-state index >= 15 is 0 Å². The molecule has 1 aromatic rings. The molecule has 110 valence electrons. The minimum atomic E-state index is 0.0149. The minimum absolute atomic E-state index is 0.0149. The van der Waals surface area contributed by atoms with Crippen LogP contribution in [0, 0.1) is 12.8 Å². The lowest BCUT2D eigenvalue weighted by molar-refractivity contribution is 0.0680. The summed E-state index contributed by atoms with van der Waals surface area (Å²) in [6.45, 7) is 3.95. The van der Waals surface area contributed by atoms with E-state index in [0.717, 1.165) is 23.8 Å². The van der Waals surface area contributed by atoms with Gasteiger partial charge in [-0.2, -0.15) is 0 Å². The zero-order valence-electron chi connectivity index (χ0n) is 12.2. The van der Waals surface area contributed by atoms with Gasteiger partial charge in [0.1, 0.15) is 0 Å². The van der Waals surface area contributed by atoms with Crippen LogP contribution < -0.4 is 11.3 Å². The molecule has 0 aromatic heterocycles. The summed E-state index contributed by atoms with van der Waals surface area (Å²) in [5.74, 6) is 6.13. The largest absolute Gasteiger partial charge is 0.379 e. The van der Waals surface area contributed by atoms with Gasteiger partial charge in [-0.1, -0.05) is 0 Å².